The minimum atomic E-state index is -1.05. The molecule has 7 nitrogen and oxygen atoms in total. The summed E-state index contributed by atoms with van der Waals surface area (Å²) in [5.41, 5.74) is -0.655. The molecule has 0 saturated carbocycles. The Bertz CT molecular complexity index is 724. The third kappa shape index (κ3) is 2.45. The van der Waals surface area contributed by atoms with Gasteiger partial charge in [0.05, 0.1) is 11.1 Å². The predicted octanol–water partition coefficient (Wildman–Crippen LogP) is 1.65. The van der Waals surface area contributed by atoms with Crippen molar-refractivity contribution in [2.24, 2.45) is 0 Å². The summed E-state index contributed by atoms with van der Waals surface area (Å²) in [6, 6.07) is 6.14. The third-order valence-electron chi connectivity index (χ3n) is 4.35. The normalized spacial score (nSPS) is 25.9. The molecule has 2 aliphatic rings. The quantitative estimate of drug-likeness (QED) is 0.812. The summed E-state index contributed by atoms with van der Waals surface area (Å²) in [7, 11) is 0. The van der Waals surface area contributed by atoms with Crippen molar-refractivity contribution in [3.05, 3.63) is 29.8 Å². The van der Waals surface area contributed by atoms with Crippen LogP contribution >= 0.6 is 0 Å². The van der Waals surface area contributed by atoms with Gasteiger partial charge in [-0.1, -0.05) is 18.2 Å². The third-order valence-corrected chi connectivity index (χ3v) is 4.35. The van der Waals surface area contributed by atoms with E-state index in [0.717, 1.165) is 4.90 Å². The van der Waals surface area contributed by atoms with E-state index in [0.29, 0.717) is 11.3 Å². The number of imide groups is 1. The van der Waals surface area contributed by atoms with Gasteiger partial charge in [-0.15, -0.1) is 0 Å². The highest BCUT2D eigenvalue weighted by atomic mass is 16.6. The number of carbonyl (C=O) groups is 3. The molecule has 24 heavy (non-hydrogen) atoms. The van der Waals surface area contributed by atoms with E-state index in [2.05, 4.69) is 5.32 Å². The summed E-state index contributed by atoms with van der Waals surface area (Å²) >= 11 is 0. The fourth-order valence-corrected chi connectivity index (χ4v) is 3.33. The highest BCUT2D eigenvalue weighted by Crippen LogP contribution is 2.47. The smallest absolute Gasteiger partial charge is 0.421 e. The first-order chi connectivity index (χ1) is 11.2. The van der Waals surface area contributed by atoms with Crippen LogP contribution in [0, 0.1) is 0 Å². The summed E-state index contributed by atoms with van der Waals surface area (Å²) in [5.74, 6) is -1.44. The Balaban J connectivity index is 2.02. The number of carboxylic acids is 1. The standard InChI is InChI=1S/C17H20N2O5/c1-16(2,3)24-15(23)19-12-7-5-4-6-10(12)17(14(19)22)8-11(13(20)21)18-9-17/h4-7,11,18H,8-9H2,1-3H3,(H,20,21). The Hall–Kier alpha value is -2.41. The maximum Gasteiger partial charge on any atom is 0.421 e. The van der Waals surface area contributed by atoms with Crippen molar-refractivity contribution in [1.29, 1.82) is 0 Å². The number of carbonyl (C=O) groups excluding carboxylic acids is 2. The van der Waals surface area contributed by atoms with Gasteiger partial charge in [-0.05, 0) is 38.8 Å². The molecule has 1 spiro atoms. The fourth-order valence-electron chi connectivity index (χ4n) is 3.33. The zero-order valence-electron chi connectivity index (χ0n) is 13.8. The van der Waals surface area contributed by atoms with Gasteiger partial charge in [0.25, 0.3) is 0 Å². The van der Waals surface area contributed by atoms with Crippen LogP contribution in [-0.2, 0) is 19.7 Å². The van der Waals surface area contributed by atoms with E-state index < -0.39 is 35.0 Å². The van der Waals surface area contributed by atoms with Crippen molar-refractivity contribution in [3.8, 4) is 0 Å². The van der Waals surface area contributed by atoms with Crippen LogP contribution in [0.4, 0.5) is 10.5 Å². The van der Waals surface area contributed by atoms with Crippen LogP contribution in [0.5, 0.6) is 0 Å². The van der Waals surface area contributed by atoms with Crippen LogP contribution in [0.2, 0.25) is 0 Å². The summed E-state index contributed by atoms with van der Waals surface area (Å²) in [4.78, 5) is 37.9. The molecular weight excluding hydrogens is 312 g/mol. The number of ether oxygens (including phenoxy) is 1. The number of nitrogens with one attached hydrogen (secondary N) is 1. The number of para-hydroxylation sites is 1. The Labute approximate surface area is 139 Å². The number of rotatable bonds is 1. The van der Waals surface area contributed by atoms with E-state index in [9.17, 15) is 19.5 Å². The van der Waals surface area contributed by atoms with Crippen molar-refractivity contribution in [1.82, 2.24) is 5.32 Å². The summed E-state index contributed by atoms with van der Waals surface area (Å²) in [5, 5.41) is 12.1. The molecule has 1 aromatic rings. The predicted molar refractivity (Wildman–Crippen MR) is 85.9 cm³/mol. The molecule has 0 radical (unpaired) electrons. The molecule has 2 N–H and O–H groups in total. The average molecular weight is 332 g/mol. The molecule has 3 rings (SSSR count). The zero-order valence-corrected chi connectivity index (χ0v) is 13.8. The molecule has 2 amide bonds. The first kappa shape index (κ1) is 16.4. The molecular formula is C17H20N2O5. The van der Waals surface area contributed by atoms with Gasteiger partial charge in [-0.2, -0.15) is 0 Å². The van der Waals surface area contributed by atoms with Crippen LogP contribution in [0.15, 0.2) is 24.3 Å². The number of nitrogens with zero attached hydrogens (tertiary/aromatic N) is 1. The first-order valence-electron chi connectivity index (χ1n) is 7.79. The van der Waals surface area contributed by atoms with E-state index >= 15 is 0 Å². The van der Waals surface area contributed by atoms with E-state index in [1.165, 1.54) is 0 Å². The lowest BCUT2D eigenvalue weighted by molar-refractivity contribution is -0.139. The number of anilines is 1. The molecule has 2 unspecified atom stereocenters. The van der Waals surface area contributed by atoms with Gasteiger partial charge >= 0.3 is 12.1 Å². The Morgan fingerprint density at radius 3 is 2.58 bits per heavy atom. The largest absolute Gasteiger partial charge is 0.480 e. The van der Waals surface area contributed by atoms with Crippen LogP contribution in [0.3, 0.4) is 0 Å². The van der Waals surface area contributed by atoms with Gasteiger partial charge in [0.15, 0.2) is 0 Å². The Morgan fingerprint density at radius 2 is 2.00 bits per heavy atom. The molecule has 2 atom stereocenters. The number of carboxylic acid groups (broad SMARTS) is 1. The van der Waals surface area contributed by atoms with E-state index in [1.54, 1.807) is 45.0 Å². The van der Waals surface area contributed by atoms with Gasteiger partial charge in [0.1, 0.15) is 11.6 Å². The SMILES string of the molecule is CC(C)(C)OC(=O)N1C(=O)C2(CNC(C(=O)O)C2)c2ccccc21. The number of amides is 2. The van der Waals surface area contributed by atoms with E-state index in [4.69, 9.17) is 4.74 Å². The van der Waals surface area contributed by atoms with Gasteiger partial charge in [-0.3, -0.25) is 9.59 Å². The van der Waals surface area contributed by atoms with Crippen LogP contribution in [-0.4, -0.2) is 41.3 Å². The van der Waals surface area contributed by atoms with Crippen molar-refractivity contribution >= 4 is 23.7 Å². The van der Waals surface area contributed by atoms with Crippen molar-refractivity contribution in [2.45, 2.75) is 44.2 Å². The molecule has 0 bridgehead atoms. The Kier molecular flexibility index (Phi) is 3.64. The molecule has 1 aromatic carbocycles. The first-order valence-corrected chi connectivity index (χ1v) is 7.79. The lowest BCUT2D eigenvalue weighted by Gasteiger charge is -2.25. The molecule has 128 valence electrons. The van der Waals surface area contributed by atoms with Gasteiger partial charge in [0.2, 0.25) is 5.91 Å². The maximum absolute atomic E-state index is 13.1. The number of benzene rings is 1. The van der Waals surface area contributed by atoms with Gasteiger partial charge < -0.3 is 15.2 Å². The molecule has 0 aliphatic carbocycles. The summed E-state index contributed by atoms with van der Waals surface area (Å²) in [6.07, 6.45) is -0.632. The van der Waals surface area contributed by atoms with Crippen molar-refractivity contribution < 1.29 is 24.2 Å². The maximum atomic E-state index is 13.1. The monoisotopic (exact) mass is 332 g/mol. The molecule has 2 heterocycles. The molecule has 7 heteroatoms. The van der Waals surface area contributed by atoms with Gasteiger partial charge in [0, 0.05) is 6.54 Å². The summed E-state index contributed by atoms with van der Waals surface area (Å²) in [6.45, 7) is 5.36. The topological polar surface area (TPSA) is 95.9 Å². The second kappa shape index (κ2) is 5.31. The molecule has 2 aliphatic heterocycles. The van der Waals surface area contributed by atoms with Crippen LogP contribution in [0.1, 0.15) is 32.8 Å². The average Bonchev–Trinajstić information content (AvgIpc) is 3.01. The van der Waals surface area contributed by atoms with Gasteiger partial charge in [-0.25, -0.2) is 9.69 Å². The zero-order chi connectivity index (χ0) is 17.7. The number of hydrogen-bond acceptors (Lipinski definition) is 5. The Morgan fingerprint density at radius 1 is 1.33 bits per heavy atom. The number of fused-ring (bicyclic) bond motifs is 2. The van der Waals surface area contributed by atoms with Crippen molar-refractivity contribution in [3.63, 3.8) is 0 Å². The minimum absolute atomic E-state index is 0.109. The number of aliphatic carboxylic acids is 1. The summed E-state index contributed by atoms with van der Waals surface area (Å²) < 4.78 is 5.36. The van der Waals surface area contributed by atoms with E-state index in [-0.39, 0.29) is 13.0 Å². The number of hydrogen-bond donors (Lipinski definition) is 2. The van der Waals surface area contributed by atoms with Crippen LogP contribution in [0.25, 0.3) is 0 Å². The van der Waals surface area contributed by atoms with E-state index in [1.807, 2.05) is 0 Å². The minimum Gasteiger partial charge on any atom is -0.480 e. The second-order valence-electron chi connectivity index (χ2n) is 7.20. The highest BCUT2D eigenvalue weighted by Gasteiger charge is 2.58. The second-order valence-corrected chi connectivity index (χ2v) is 7.20. The molecule has 1 fully saturated rings. The fraction of sp³-hybridized carbons (Fsp3) is 0.471. The lowest BCUT2D eigenvalue weighted by Crippen LogP contribution is -2.46. The molecule has 0 aromatic heterocycles. The lowest BCUT2D eigenvalue weighted by atomic mass is 9.79. The van der Waals surface area contributed by atoms with Crippen molar-refractivity contribution in [2.75, 3.05) is 11.4 Å². The molecule has 1 saturated heterocycles. The van der Waals surface area contributed by atoms with Crippen LogP contribution < -0.4 is 10.2 Å². The highest BCUT2D eigenvalue weighted by molar-refractivity contribution is 6.21.